The number of fused-ring (bicyclic) bond motifs is 1. The quantitative estimate of drug-likeness (QED) is 0.449. The summed E-state index contributed by atoms with van der Waals surface area (Å²) in [5, 5.41) is 8.60. The van der Waals surface area contributed by atoms with Crippen molar-refractivity contribution in [3.63, 3.8) is 0 Å². The van der Waals surface area contributed by atoms with Crippen molar-refractivity contribution in [3.05, 3.63) is 81.0 Å². The summed E-state index contributed by atoms with van der Waals surface area (Å²) >= 11 is 5.89. The molecule has 4 rings (SSSR count). The first-order valence-corrected chi connectivity index (χ1v) is 9.13. The lowest BCUT2D eigenvalue weighted by molar-refractivity contribution is 0.0245. The van der Waals surface area contributed by atoms with E-state index in [0.717, 1.165) is 17.2 Å². The molecule has 1 atom stereocenters. The molecule has 0 unspecified atom stereocenters. The molecule has 2 aromatic carbocycles. The molecule has 8 heteroatoms. The number of esters is 1. The van der Waals surface area contributed by atoms with E-state index in [1.807, 2.05) is 31.2 Å². The number of hydrogen-bond acceptors (Lipinski definition) is 7. The molecule has 0 radical (unpaired) electrons. The molecule has 0 saturated carbocycles. The van der Waals surface area contributed by atoms with Gasteiger partial charge in [-0.25, -0.2) is 4.79 Å². The van der Waals surface area contributed by atoms with Crippen molar-refractivity contribution < 1.29 is 18.4 Å². The first-order valence-electron chi connectivity index (χ1n) is 8.75. The van der Waals surface area contributed by atoms with Crippen LogP contribution in [0, 0.1) is 6.92 Å². The van der Waals surface area contributed by atoms with E-state index in [4.69, 9.17) is 25.2 Å². The molecule has 0 amide bonds. The fourth-order valence-electron chi connectivity index (χ4n) is 2.71. The van der Waals surface area contributed by atoms with Gasteiger partial charge >= 0.3 is 5.97 Å². The number of ether oxygens (including phenoxy) is 1. The van der Waals surface area contributed by atoms with E-state index in [2.05, 4.69) is 10.2 Å². The number of aryl methyl sites for hydroxylation is 1. The lowest BCUT2D eigenvalue weighted by Gasteiger charge is -2.09. The van der Waals surface area contributed by atoms with E-state index in [1.54, 1.807) is 13.0 Å². The first-order chi connectivity index (χ1) is 13.9. The largest absolute Gasteiger partial charge is 0.449 e. The van der Waals surface area contributed by atoms with Crippen LogP contribution in [0.15, 0.2) is 62.2 Å². The van der Waals surface area contributed by atoms with Gasteiger partial charge in [0.15, 0.2) is 11.5 Å². The fraction of sp³-hybridized carbons (Fsp3) is 0.143. The number of hydrogen-bond donors (Lipinski definition) is 0. The second-order valence-electron chi connectivity index (χ2n) is 6.47. The summed E-state index contributed by atoms with van der Waals surface area (Å²) in [5.41, 5.74) is 1.70. The van der Waals surface area contributed by atoms with Crippen LogP contribution in [0.5, 0.6) is 0 Å². The number of nitrogens with zero attached hydrogens (tertiary/aromatic N) is 2. The highest BCUT2D eigenvalue weighted by Crippen LogP contribution is 2.24. The third kappa shape index (κ3) is 3.90. The minimum absolute atomic E-state index is 0.129. The Morgan fingerprint density at radius 1 is 1.07 bits per heavy atom. The van der Waals surface area contributed by atoms with Crippen LogP contribution in [0.1, 0.15) is 35.0 Å². The molecule has 7 nitrogen and oxygen atoms in total. The van der Waals surface area contributed by atoms with Crippen LogP contribution >= 0.6 is 11.6 Å². The second-order valence-corrected chi connectivity index (χ2v) is 6.91. The van der Waals surface area contributed by atoms with Crippen molar-refractivity contribution in [3.8, 4) is 11.5 Å². The molecule has 2 aromatic heterocycles. The molecule has 0 saturated heterocycles. The SMILES string of the molecule is Cc1ccc(-c2nnc([C@H](C)OC(=O)c3cc(=O)c4cc(Cl)ccc4o3)o2)cc1. The Morgan fingerprint density at radius 2 is 1.83 bits per heavy atom. The maximum absolute atomic E-state index is 12.4. The van der Waals surface area contributed by atoms with Crippen molar-refractivity contribution in [2.75, 3.05) is 0 Å². The minimum Gasteiger partial charge on any atom is -0.449 e. The van der Waals surface area contributed by atoms with E-state index in [9.17, 15) is 9.59 Å². The summed E-state index contributed by atoms with van der Waals surface area (Å²) in [6, 6.07) is 13.2. The summed E-state index contributed by atoms with van der Waals surface area (Å²) in [6.07, 6.45) is -0.833. The topological polar surface area (TPSA) is 95.4 Å². The Kier molecular flexibility index (Phi) is 4.90. The number of carbonyl (C=O) groups excluding carboxylic acids is 1. The third-order valence-corrected chi connectivity index (χ3v) is 4.50. The first kappa shape index (κ1) is 18.9. The molecule has 0 aliphatic rings. The molecular formula is C21H15ClN2O5. The van der Waals surface area contributed by atoms with Crippen molar-refractivity contribution in [2.24, 2.45) is 0 Å². The maximum atomic E-state index is 12.4. The molecule has 0 bridgehead atoms. The van der Waals surface area contributed by atoms with Gasteiger partial charge in [-0.1, -0.05) is 29.3 Å². The van der Waals surface area contributed by atoms with Gasteiger partial charge in [0.05, 0.1) is 5.39 Å². The smallest absolute Gasteiger partial charge is 0.375 e. The van der Waals surface area contributed by atoms with Crippen molar-refractivity contribution in [1.29, 1.82) is 0 Å². The Bertz CT molecular complexity index is 1260. The zero-order chi connectivity index (χ0) is 20.5. The van der Waals surface area contributed by atoms with Gasteiger partial charge in [-0.3, -0.25) is 4.79 Å². The summed E-state index contributed by atoms with van der Waals surface area (Å²) in [7, 11) is 0. The monoisotopic (exact) mass is 410 g/mol. The molecule has 0 fully saturated rings. The normalized spacial score (nSPS) is 12.1. The Labute approximate surface area is 169 Å². The predicted molar refractivity (Wildman–Crippen MR) is 106 cm³/mol. The van der Waals surface area contributed by atoms with Gasteiger partial charge in [0, 0.05) is 16.7 Å². The van der Waals surface area contributed by atoms with Crippen LogP contribution in [0.3, 0.4) is 0 Å². The lowest BCUT2D eigenvalue weighted by Crippen LogP contribution is -2.12. The summed E-state index contributed by atoms with van der Waals surface area (Å²) in [6.45, 7) is 3.56. The van der Waals surface area contributed by atoms with Crippen LogP contribution in [0.25, 0.3) is 22.4 Å². The highest BCUT2D eigenvalue weighted by atomic mass is 35.5. The minimum atomic E-state index is -0.833. The van der Waals surface area contributed by atoms with Crippen LogP contribution in [0.2, 0.25) is 5.02 Å². The summed E-state index contributed by atoms with van der Waals surface area (Å²) in [5.74, 6) is -0.600. The molecule has 2 heterocycles. The summed E-state index contributed by atoms with van der Waals surface area (Å²) < 4.78 is 16.4. The second kappa shape index (κ2) is 7.52. The van der Waals surface area contributed by atoms with Gasteiger partial charge in [0.1, 0.15) is 5.58 Å². The Balaban J connectivity index is 1.54. The number of carbonyl (C=O) groups is 1. The maximum Gasteiger partial charge on any atom is 0.375 e. The van der Waals surface area contributed by atoms with Crippen LogP contribution in [0.4, 0.5) is 0 Å². The average molecular weight is 411 g/mol. The number of benzene rings is 2. The zero-order valence-electron chi connectivity index (χ0n) is 15.5. The highest BCUT2D eigenvalue weighted by molar-refractivity contribution is 6.31. The Hall–Kier alpha value is -3.45. The molecule has 0 aliphatic heterocycles. The van der Waals surface area contributed by atoms with E-state index in [0.29, 0.717) is 10.9 Å². The molecule has 4 aromatic rings. The highest BCUT2D eigenvalue weighted by Gasteiger charge is 2.22. The molecule has 0 N–H and O–H groups in total. The fourth-order valence-corrected chi connectivity index (χ4v) is 2.88. The van der Waals surface area contributed by atoms with Crippen LogP contribution in [-0.4, -0.2) is 16.2 Å². The lowest BCUT2D eigenvalue weighted by atomic mass is 10.1. The van der Waals surface area contributed by atoms with E-state index in [1.165, 1.54) is 12.1 Å². The van der Waals surface area contributed by atoms with Crippen LogP contribution in [-0.2, 0) is 4.74 Å². The Morgan fingerprint density at radius 3 is 2.59 bits per heavy atom. The average Bonchev–Trinajstić information content (AvgIpc) is 3.19. The van der Waals surface area contributed by atoms with Crippen molar-refractivity contribution in [2.45, 2.75) is 20.0 Å². The molecule has 0 spiro atoms. The van der Waals surface area contributed by atoms with Gasteiger partial charge in [-0.05, 0) is 44.2 Å². The zero-order valence-corrected chi connectivity index (χ0v) is 16.3. The standard InChI is InChI=1S/C21H15ClN2O5/c1-11-3-5-13(6-4-11)20-24-23-19(29-20)12(2)27-21(26)18-10-16(25)15-9-14(22)7-8-17(15)28-18/h3-10,12H,1-2H3/t12-/m0/s1. The molecule has 0 aliphatic carbocycles. The van der Waals surface area contributed by atoms with Gasteiger partial charge in [0.2, 0.25) is 11.7 Å². The predicted octanol–water partition coefficient (Wildman–Crippen LogP) is 4.72. The third-order valence-electron chi connectivity index (χ3n) is 4.26. The van der Waals surface area contributed by atoms with Crippen molar-refractivity contribution in [1.82, 2.24) is 10.2 Å². The van der Waals surface area contributed by atoms with E-state index < -0.39 is 17.5 Å². The van der Waals surface area contributed by atoms with Crippen molar-refractivity contribution >= 4 is 28.5 Å². The van der Waals surface area contributed by atoms with Gasteiger partial charge in [-0.2, -0.15) is 0 Å². The van der Waals surface area contributed by atoms with Gasteiger partial charge in [0.25, 0.3) is 5.89 Å². The molecular weight excluding hydrogens is 396 g/mol. The van der Waals surface area contributed by atoms with E-state index >= 15 is 0 Å². The number of aromatic nitrogens is 2. The van der Waals surface area contributed by atoms with Crippen LogP contribution < -0.4 is 5.43 Å². The number of rotatable bonds is 4. The van der Waals surface area contributed by atoms with Gasteiger partial charge < -0.3 is 13.6 Å². The van der Waals surface area contributed by atoms with E-state index in [-0.39, 0.29) is 22.6 Å². The number of halogens is 1. The van der Waals surface area contributed by atoms with Gasteiger partial charge in [-0.15, -0.1) is 10.2 Å². The molecule has 29 heavy (non-hydrogen) atoms. The summed E-state index contributed by atoms with van der Waals surface area (Å²) in [4.78, 5) is 24.7. The molecule has 146 valence electrons.